The second kappa shape index (κ2) is 21.9. The predicted octanol–water partition coefficient (Wildman–Crippen LogP) is 10.7. The summed E-state index contributed by atoms with van der Waals surface area (Å²) >= 11 is 0. The number of benzene rings is 2. The van der Waals surface area contributed by atoms with Gasteiger partial charge in [0, 0.05) is 76.0 Å². The van der Waals surface area contributed by atoms with Crippen LogP contribution in [0.25, 0.3) is 0 Å². The molecule has 0 saturated carbocycles. The van der Waals surface area contributed by atoms with E-state index in [4.69, 9.17) is 0 Å². The van der Waals surface area contributed by atoms with Gasteiger partial charge >= 0.3 is 0 Å². The number of anilines is 3. The van der Waals surface area contributed by atoms with Gasteiger partial charge in [-0.25, -0.2) is 12.2 Å². The van der Waals surface area contributed by atoms with Crippen LogP contribution < -0.4 is 9.80 Å². The van der Waals surface area contributed by atoms with Crippen LogP contribution in [0.2, 0.25) is 0 Å². The third kappa shape index (κ3) is 13.4. The summed E-state index contributed by atoms with van der Waals surface area (Å²) in [7, 11) is 4.15. The first-order valence-corrected chi connectivity index (χ1v) is 20.7. The first-order valence-electron chi connectivity index (χ1n) is 20.7. The van der Waals surface area contributed by atoms with E-state index in [1.54, 1.807) is 0 Å². The summed E-state index contributed by atoms with van der Waals surface area (Å²) in [5, 5.41) is 8.27. The van der Waals surface area contributed by atoms with E-state index in [-0.39, 0.29) is 64.0 Å². The van der Waals surface area contributed by atoms with Crippen LogP contribution in [0, 0.1) is 38.1 Å². The molecular formula is C50H64N10Pt2-6. The molecule has 0 bridgehead atoms. The van der Waals surface area contributed by atoms with Crippen LogP contribution in [-0.4, -0.2) is 53.4 Å². The topological polar surface area (TPSA) is 74.4 Å². The molecule has 340 valence electrons. The van der Waals surface area contributed by atoms with Gasteiger partial charge in [0.2, 0.25) is 0 Å². The van der Waals surface area contributed by atoms with Crippen molar-refractivity contribution in [2.75, 3.05) is 23.9 Å². The van der Waals surface area contributed by atoms with E-state index in [0.717, 1.165) is 30.2 Å². The average Bonchev–Trinajstić information content (AvgIpc) is 3.94. The molecule has 0 amide bonds. The van der Waals surface area contributed by atoms with Crippen molar-refractivity contribution in [1.82, 2.24) is 39.3 Å². The molecule has 0 unspecified atom stereocenters. The fourth-order valence-corrected chi connectivity index (χ4v) is 6.63. The Kier molecular flexibility index (Phi) is 18.4. The van der Waals surface area contributed by atoms with Crippen molar-refractivity contribution in [2.45, 2.75) is 118 Å². The van der Waals surface area contributed by atoms with Gasteiger partial charge in [-0.1, -0.05) is 78.3 Å². The number of rotatable bonds is 2. The van der Waals surface area contributed by atoms with Crippen LogP contribution in [0.4, 0.5) is 17.1 Å². The molecule has 0 N–H and O–H groups in total. The maximum absolute atomic E-state index is 4.18. The molecule has 62 heavy (non-hydrogen) atoms. The molecule has 2 aliphatic carbocycles. The Morgan fingerprint density at radius 2 is 1.15 bits per heavy atom. The van der Waals surface area contributed by atoms with Crippen molar-refractivity contribution in [3.63, 3.8) is 0 Å². The molecule has 4 aromatic rings. The molecule has 0 radical (unpaired) electrons. The van der Waals surface area contributed by atoms with E-state index in [1.165, 1.54) is 28.5 Å². The quantitative estimate of drug-likeness (QED) is 0.184. The van der Waals surface area contributed by atoms with Crippen LogP contribution in [0.1, 0.15) is 108 Å². The molecule has 2 aromatic carbocycles. The van der Waals surface area contributed by atoms with Crippen molar-refractivity contribution >= 4 is 17.1 Å². The van der Waals surface area contributed by atoms with Gasteiger partial charge in [0.15, 0.2) is 0 Å². The van der Waals surface area contributed by atoms with E-state index < -0.39 is 0 Å². The standard InChI is InChI=1S/C16H16N2.C14H12N2.2C10H18N3.2Pt/c1-17-13-18(14-9-5-2-3-6-10-14)16-12-8-4-7-11-15(16)17;1-15-11-16(12-7-3-2-4-8-12)14-10-6-5-9-13(14)15;2*1-9(2,3)8-11-7-12-13(8)10(4,5)6;;/h2-3,5,7-9,11-13H,4,10H2,1H3;2-7,9-11H,1H3;2*1-6H3;;/q2*-2;2*-1;;. The molecule has 4 aliphatic rings. The zero-order valence-electron chi connectivity index (χ0n) is 38.9. The minimum atomic E-state index is -0.0182. The van der Waals surface area contributed by atoms with Crippen molar-refractivity contribution in [3.8, 4) is 0 Å². The number of likely N-dealkylation sites (N-methyl/N-ethyl adjacent to an activating group) is 1. The molecule has 2 aromatic heterocycles. The Labute approximate surface area is 401 Å². The zero-order valence-corrected chi connectivity index (χ0v) is 43.5. The number of aromatic nitrogens is 6. The van der Waals surface area contributed by atoms with Gasteiger partial charge in [0.05, 0.1) is 0 Å². The molecule has 0 saturated heterocycles. The van der Waals surface area contributed by atoms with Crippen molar-refractivity contribution in [3.05, 3.63) is 164 Å². The largest absolute Gasteiger partial charge is 0.504 e. The molecule has 0 fully saturated rings. The van der Waals surface area contributed by atoms with Crippen LogP contribution >= 0.6 is 0 Å². The van der Waals surface area contributed by atoms with Gasteiger partial charge in [-0.05, 0) is 127 Å². The molecule has 2 aliphatic heterocycles. The predicted molar refractivity (Wildman–Crippen MR) is 245 cm³/mol. The fraction of sp³-hybridized carbons (Fsp3) is 0.400. The Bertz CT molecular complexity index is 2100. The number of hydrogen-bond acceptors (Lipinski definition) is 8. The molecular weight excluding hydrogens is 1130 g/mol. The summed E-state index contributed by atoms with van der Waals surface area (Å²) in [5.74, 6) is 1.97. The zero-order chi connectivity index (χ0) is 43.9. The maximum atomic E-state index is 4.18. The van der Waals surface area contributed by atoms with Gasteiger partial charge in [0.25, 0.3) is 0 Å². The number of allylic oxidation sites excluding steroid dienone is 9. The third-order valence-electron chi connectivity index (χ3n) is 9.60. The van der Waals surface area contributed by atoms with Gasteiger partial charge in [-0.15, -0.1) is 11.8 Å². The summed E-state index contributed by atoms with van der Waals surface area (Å²) in [6.07, 6.45) is 27.5. The molecule has 0 atom stereocenters. The molecule has 12 heteroatoms. The first kappa shape index (κ1) is 52.1. The summed E-state index contributed by atoms with van der Waals surface area (Å²) in [6.45, 7) is 29.7. The SMILES string of the molecule is CC(C)(C)c1n[c-]nn1C(C)(C)C.CC(C)(C)c1n[c-]nn1C(C)(C)C.CN1[CH-]N(C2=CC=CC=[C-]C2)C2=C1C=CCC=C2.CN1[CH-]N(c2[c-]cccc2)c2ccccc21.[Pt].[Pt]. The van der Waals surface area contributed by atoms with Crippen LogP contribution in [0.5, 0.6) is 0 Å². The Hall–Kier alpha value is -4.26. The van der Waals surface area contributed by atoms with Gasteiger partial charge in [-0.2, -0.15) is 43.7 Å². The van der Waals surface area contributed by atoms with Crippen LogP contribution in [-0.2, 0) is 64.0 Å². The molecule has 0 spiro atoms. The second-order valence-electron chi connectivity index (χ2n) is 19.1. The number of hydrogen-bond donors (Lipinski definition) is 0. The molecule has 4 heterocycles. The van der Waals surface area contributed by atoms with Crippen LogP contribution in [0.15, 0.2) is 114 Å². The van der Waals surface area contributed by atoms with Crippen molar-refractivity contribution in [1.29, 1.82) is 0 Å². The van der Waals surface area contributed by atoms with Gasteiger partial charge < -0.3 is 38.9 Å². The monoisotopic (exact) mass is 1190 g/mol. The van der Waals surface area contributed by atoms with E-state index >= 15 is 0 Å². The summed E-state index contributed by atoms with van der Waals surface area (Å²) in [6, 6.07) is 19.6. The third-order valence-corrected chi connectivity index (χ3v) is 9.60. The van der Waals surface area contributed by atoms with Crippen LogP contribution in [0.3, 0.4) is 0 Å². The Balaban J connectivity index is 0.000000220. The van der Waals surface area contributed by atoms with E-state index in [1.807, 2.05) is 39.7 Å². The normalized spacial score (nSPS) is 15.7. The fourth-order valence-electron chi connectivity index (χ4n) is 6.63. The summed E-state index contributed by atoms with van der Waals surface area (Å²) < 4.78 is 3.88. The Morgan fingerprint density at radius 1 is 0.613 bits per heavy atom. The van der Waals surface area contributed by atoms with Gasteiger partial charge in [0.1, 0.15) is 0 Å². The van der Waals surface area contributed by atoms with Gasteiger partial charge in [-0.3, -0.25) is 16.3 Å². The number of nitrogens with zero attached hydrogens (tertiary/aromatic N) is 10. The summed E-state index contributed by atoms with van der Waals surface area (Å²) in [5.41, 5.74) is 7.26. The number of fused-ring (bicyclic) bond motifs is 1. The smallest absolute Gasteiger partial charge is 0.0357 e. The van der Waals surface area contributed by atoms with E-state index in [9.17, 15) is 0 Å². The van der Waals surface area contributed by atoms with Crippen molar-refractivity contribution < 1.29 is 42.1 Å². The molecule has 10 nitrogen and oxygen atoms in total. The second-order valence-corrected chi connectivity index (χ2v) is 19.1. The minimum Gasteiger partial charge on any atom is -0.504 e. The first-order chi connectivity index (χ1) is 28.2. The maximum Gasteiger partial charge on any atom is 0.0357 e. The van der Waals surface area contributed by atoms with E-state index in [2.05, 4.69) is 242 Å². The van der Waals surface area contributed by atoms with E-state index in [0.29, 0.717) is 0 Å². The van der Waals surface area contributed by atoms with Crippen molar-refractivity contribution in [2.24, 2.45) is 0 Å². The molecule has 8 rings (SSSR count). The number of para-hydroxylation sites is 3. The summed E-state index contributed by atoms with van der Waals surface area (Å²) in [4.78, 5) is 17.0. The minimum absolute atomic E-state index is 0. The average molecular weight is 1200 g/mol. The Morgan fingerprint density at radius 3 is 1.66 bits per heavy atom.